The minimum absolute atomic E-state index is 0.414. The monoisotopic (exact) mass is 183 g/mol. The highest BCUT2D eigenvalue weighted by Crippen LogP contribution is 2.01. The summed E-state index contributed by atoms with van der Waals surface area (Å²) in [6.07, 6.45) is 1.36. The molecule has 0 amide bonds. The summed E-state index contributed by atoms with van der Waals surface area (Å²) in [6, 6.07) is 1.64. The average Bonchev–Trinajstić information content (AvgIpc) is 2.03. The van der Waals surface area contributed by atoms with E-state index in [4.69, 9.17) is 5.11 Å². The second kappa shape index (κ2) is 4.36. The van der Waals surface area contributed by atoms with E-state index in [2.05, 4.69) is 20.3 Å². The molecule has 1 heterocycles. The molecule has 0 fully saturated rings. The Bertz CT molecular complexity index is 303. The van der Waals surface area contributed by atoms with Gasteiger partial charge < -0.3 is 5.11 Å². The molecule has 0 aliphatic heterocycles. The van der Waals surface area contributed by atoms with Gasteiger partial charge in [0.05, 0.1) is 0 Å². The molecule has 0 aliphatic carbocycles. The van der Waals surface area contributed by atoms with E-state index >= 15 is 0 Å². The molecular weight excluding hydrogens is 174 g/mol. The van der Waals surface area contributed by atoms with E-state index < -0.39 is 12.6 Å². The molecular formula is C7H9N3O3. The van der Waals surface area contributed by atoms with Crippen LogP contribution in [0.2, 0.25) is 0 Å². The highest BCUT2D eigenvalue weighted by Gasteiger charge is 1.97. The van der Waals surface area contributed by atoms with Gasteiger partial charge in [-0.1, -0.05) is 0 Å². The summed E-state index contributed by atoms with van der Waals surface area (Å²) in [5.74, 6) is -0.605. The van der Waals surface area contributed by atoms with Crippen molar-refractivity contribution in [3.63, 3.8) is 0 Å². The number of hydrogen-bond donors (Lipinski definition) is 2. The lowest BCUT2D eigenvalue weighted by Crippen LogP contribution is -2.12. The van der Waals surface area contributed by atoms with Crippen LogP contribution in [0.15, 0.2) is 12.4 Å². The number of anilines is 1. The number of aryl methyl sites for hydroxylation is 1. The maximum absolute atomic E-state index is 10.1. The van der Waals surface area contributed by atoms with Crippen LogP contribution in [-0.4, -0.2) is 27.7 Å². The molecule has 1 rings (SSSR count). The third kappa shape index (κ3) is 3.48. The zero-order valence-electron chi connectivity index (χ0n) is 7.02. The van der Waals surface area contributed by atoms with Crippen LogP contribution in [0.5, 0.6) is 0 Å². The summed E-state index contributed by atoms with van der Waals surface area (Å²) in [5, 5.41) is 8.25. The van der Waals surface area contributed by atoms with Crippen molar-refractivity contribution in [2.45, 2.75) is 6.92 Å². The number of carboxylic acid groups (broad SMARTS) is 1. The third-order valence-electron chi connectivity index (χ3n) is 1.18. The van der Waals surface area contributed by atoms with Crippen LogP contribution in [0.25, 0.3) is 0 Å². The van der Waals surface area contributed by atoms with Crippen LogP contribution in [0, 0.1) is 6.92 Å². The Hall–Kier alpha value is -1.69. The Morgan fingerprint density at radius 3 is 3.08 bits per heavy atom. The van der Waals surface area contributed by atoms with Crippen molar-refractivity contribution in [2.75, 3.05) is 12.1 Å². The fraction of sp³-hybridized carbons (Fsp3) is 0.286. The standard InChI is InChI=1S/C7H9N3O3/c1-5-2-6(9-4-8-5)10-13-3-7(11)12/h2,4H,3H2,1H3,(H,11,12)(H,8,9,10). The minimum atomic E-state index is -1.04. The minimum Gasteiger partial charge on any atom is -0.479 e. The Labute approximate surface area is 74.5 Å². The van der Waals surface area contributed by atoms with Gasteiger partial charge in [-0.2, -0.15) is 0 Å². The first-order valence-electron chi connectivity index (χ1n) is 3.57. The number of rotatable bonds is 4. The quantitative estimate of drug-likeness (QED) is 0.649. The van der Waals surface area contributed by atoms with Crippen molar-refractivity contribution < 1.29 is 14.7 Å². The molecule has 0 aromatic carbocycles. The van der Waals surface area contributed by atoms with Gasteiger partial charge in [0.2, 0.25) is 0 Å². The second-order valence-corrected chi connectivity index (χ2v) is 2.33. The van der Waals surface area contributed by atoms with Crippen molar-refractivity contribution in [3.8, 4) is 0 Å². The molecule has 1 aromatic heterocycles. The molecule has 70 valence electrons. The molecule has 6 nitrogen and oxygen atoms in total. The predicted molar refractivity (Wildman–Crippen MR) is 44.0 cm³/mol. The molecule has 0 unspecified atom stereocenters. The Balaban J connectivity index is 2.41. The lowest BCUT2D eigenvalue weighted by atomic mass is 10.4. The van der Waals surface area contributed by atoms with Gasteiger partial charge in [0, 0.05) is 11.8 Å². The van der Waals surface area contributed by atoms with Gasteiger partial charge in [0.1, 0.15) is 6.33 Å². The van der Waals surface area contributed by atoms with Crippen LogP contribution >= 0.6 is 0 Å². The van der Waals surface area contributed by atoms with Crippen molar-refractivity contribution in [3.05, 3.63) is 18.1 Å². The molecule has 13 heavy (non-hydrogen) atoms. The molecule has 0 atom stereocenters. The summed E-state index contributed by atoms with van der Waals surface area (Å²) in [6.45, 7) is 1.38. The van der Waals surface area contributed by atoms with Gasteiger partial charge in [0.15, 0.2) is 12.4 Å². The SMILES string of the molecule is Cc1cc(NOCC(=O)O)ncn1. The van der Waals surface area contributed by atoms with Gasteiger partial charge in [-0.15, -0.1) is 0 Å². The number of aliphatic carboxylic acids is 1. The molecule has 0 aliphatic rings. The van der Waals surface area contributed by atoms with Crippen LogP contribution < -0.4 is 5.48 Å². The molecule has 0 saturated heterocycles. The Morgan fingerprint density at radius 1 is 1.69 bits per heavy atom. The summed E-state index contributed by atoms with van der Waals surface area (Å²) in [7, 11) is 0. The summed E-state index contributed by atoms with van der Waals surface area (Å²) in [4.78, 5) is 22.3. The second-order valence-electron chi connectivity index (χ2n) is 2.33. The predicted octanol–water partition coefficient (Wildman–Crippen LogP) is 0.213. The van der Waals surface area contributed by atoms with Crippen molar-refractivity contribution in [2.24, 2.45) is 0 Å². The molecule has 1 aromatic rings. The molecule has 0 spiro atoms. The van der Waals surface area contributed by atoms with Crippen molar-refractivity contribution in [1.82, 2.24) is 9.97 Å². The van der Waals surface area contributed by atoms with Gasteiger partial charge in [0.25, 0.3) is 0 Å². The fourth-order valence-electron chi connectivity index (χ4n) is 0.682. The molecule has 0 saturated carbocycles. The maximum Gasteiger partial charge on any atom is 0.332 e. The Morgan fingerprint density at radius 2 is 2.46 bits per heavy atom. The van der Waals surface area contributed by atoms with Gasteiger partial charge in [-0.3, -0.25) is 4.84 Å². The van der Waals surface area contributed by atoms with E-state index in [0.717, 1.165) is 5.69 Å². The highest BCUT2D eigenvalue weighted by molar-refractivity contribution is 5.68. The van der Waals surface area contributed by atoms with Crippen LogP contribution in [0.3, 0.4) is 0 Å². The zero-order valence-corrected chi connectivity index (χ0v) is 7.02. The summed E-state index contributed by atoms with van der Waals surface area (Å²) >= 11 is 0. The van der Waals surface area contributed by atoms with Gasteiger partial charge >= 0.3 is 5.97 Å². The van der Waals surface area contributed by atoms with E-state index in [-0.39, 0.29) is 0 Å². The number of aromatic nitrogens is 2. The number of nitrogens with zero attached hydrogens (tertiary/aromatic N) is 2. The molecule has 6 heteroatoms. The third-order valence-corrected chi connectivity index (χ3v) is 1.18. The zero-order chi connectivity index (χ0) is 9.68. The van der Waals surface area contributed by atoms with E-state index in [1.165, 1.54) is 6.33 Å². The highest BCUT2D eigenvalue weighted by atomic mass is 16.7. The topological polar surface area (TPSA) is 84.3 Å². The van der Waals surface area contributed by atoms with Crippen LogP contribution in [0.1, 0.15) is 5.69 Å². The summed E-state index contributed by atoms with van der Waals surface area (Å²) < 4.78 is 0. The number of nitrogens with one attached hydrogen (secondary N) is 1. The normalized spacial score (nSPS) is 9.62. The van der Waals surface area contributed by atoms with Crippen LogP contribution in [-0.2, 0) is 9.63 Å². The lowest BCUT2D eigenvalue weighted by Gasteiger charge is -2.03. The molecule has 0 radical (unpaired) electrons. The number of hydrogen-bond acceptors (Lipinski definition) is 5. The van der Waals surface area contributed by atoms with Crippen molar-refractivity contribution in [1.29, 1.82) is 0 Å². The van der Waals surface area contributed by atoms with Crippen molar-refractivity contribution >= 4 is 11.8 Å². The first kappa shape index (κ1) is 9.40. The van der Waals surface area contributed by atoms with Crippen LogP contribution in [0.4, 0.5) is 5.82 Å². The number of carboxylic acids is 1. The van der Waals surface area contributed by atoms with E-state index in [9.17, 15) is 4.79 Å². The molecule has 2 N–H and O–H groups in total. The van der Waals surface area contributed by atoms with E-state index in [1.807, 2.05) is 0 Å². The molecule has 0 bridgehead atoms. The lowest BCUT2D eigenvalue weighted by molar-refractivity contribution is -0.141. The van der Waals surface area contributed by atoms with E-state index in [0.29, 0.717) is 5.82 Å². The largest absolute Gasteiger partial charge is 0.479 e. The average molecular weight is 183 g/mol. The first-order valence-corrected chi connectivity index (χ1v) is 3.57. The summed E-state index contributed by atoms with van der Waals surface area (Å²) in [5.41, 5.74) is 3.16. The van der Waals surface area contributed by atoms with Gasteiger partial charge in [-0.05, 0) is 6.92 Å². The fourth-order valence-corrected chi connectivity index (χ4v) is 0.682. The smallest absolute Gasteiger partial charge is 0.332 e. The maximum atomic E-state index is 10.1. The van der Waals surface area contributed by atoms with Gasteiger partial charge in [-0.25, -0.2) is 20.2 Å². The number of carbonyl (C=O) groups is 1. The Kier molecular flexibility index (Phi) is 3.15. The first-order chi connectivity index (χ1) is 6.18. The van der Waals surface area contributed by atoms with E-state index in [1.54, 1.807) is 13.0 Å².